The van der Waals surface area contributed by atoms with Gasteiger partial charge in [0.1, 0.15) is 0 Å². The molecule has 0 aliphatic carbocycles. The van der Waals surface area contributed by atoms with Crippen LogP contribution in [0.1, 0.15) is 12.2 Å². The van der Waals surface area contributed by atoms with Crippen molar-refractivity contribution in [2.45, 2.75) is 13.0 Å². The molecule has 1 aromatic heterocycles. The van der Waals surface area contributed by atoms with Crippen LogP contribution in [0.2, 0.25) is 0 Å². The molecule has 1 N–H and O–H groups in total. The second kappa shape index (κ2) is 4.35. The van der Waals surface area contributed by atoms with Gasteiger partial charge in [-0.05, 0) is 18.2 Å². The third-order valence-electron chi connectivity index (χ3n) is 2.29. The molecule has 15 heavy (non-hydrogen) atoms. The Morgan fingerprint density at radius 2 is 2.40 bits per heavy atom. The molecule has 0 unspecified atom stereocenters. The van der Waals surface area contributed by atoms with Crippen molar-refractivity contribution >= 4 is 5.91 Å². The van der Waals surface area contributed by atoms with Crippen molar-refractivity contribution in [3.63, 3.8) is 0 Å². The number of carbonyl (C=O) groups excluding carboxylic acids is 1. The first-order chi connectivity index (χ1) is 7.25. The van der Waals surface area contributed by atoms with Gasteiger partial charge >= 0.3 is 0 Å². The van der Waals surface area contributed by atoms with Crippen molar-refractivity contribution in [3.8, 4) is 0 Å². The summed E-state index contributed by atoms with van der Waals surface area (Å²) in [7, 11) is 1.71. The Morgan fingerprint density at radius 1 is 1.53 bits per heavy atom. The van der Waals surface area contributed by atoms with Crippen LogP contribution < -0.4 is 5.32 Å². The smallest absolute Gasteiger partial charge is 0.236 e. The maximum atomic E-state index is 11.6. The third-order valence-corrected chi connectivity index (χ3v) is 2.29. The molecule has 1 fully saturated rings. The van der Waals surface area contributed by atoms with Gasteiger partial charge in [0, 0.05) is 6.54 Å². The van der Waals surface area contributed by atoms with E-state index in [1.807, 2.05) is 0 Å². The first-order valence-electron chi connectivity index (χ1n) is 4.97. The van der Waals surface area contributed by atoms with E-state index in [4.69, 9.17) is 0 Å². The first-order valence-corrected chi connectivity index (χ1v) is 4.97. The predicted octanol–water partition coefficient (Wildman–Crippen LogP) is -1.47. The Kier molecular flexibility index (Phi) is 2.91. The van der Waals surface area contributed by atoms with Crippen LogP contribution in [0.5, 0.6) is 0 Å². The molecule has 1 saturated heterocycles. The number of hydrogen-bond acceptors (Lipinski definition) is 5. The SMILES string of the molecule is Cn1nnc(CN2CCCNCC2=O)n1. The van der Waals surface area contributed by atoms with Gasteiger partial charge in [0.15, 0.2) is 5.82 Å². The average molecular weight is 210 g/mol. The normalized spacial score (nSPS) is 17.9. The molecule has 0 bridgehead atoms. The molecule has 1 amide bonds. The quantitative estimate of drug-likeness (QED) is 0.645. The summed E-state index contributed by atoms with van der Waals surface area (Å²) in [5.74, 6) is 0.688. The van der Waals surface area contributed by atoms with Crippen molar-refractivity contribution in [2.75, 3.05) is 19.6 Å². The molecule has 1 aliphatic rings. The summed E-state index contributed by atoms with van der Waals surface area (Å²) < 4.78 is 0. The van der Waals surface area contributed by atoms with Gasteiger partial charge in [0.05, 0.1) is 20.1 Å². The van der Waals surface area contributed by atoms with E-state index in [0.717, 1.165) is 19.5 Å². The summed E-state index contributed by atoms with van der Waals surface area (Å²) in [5.41, 5.74) is 0. The monoisotopic (exact) mass is 210 g/mol. The van der Waals surface area contributed by atoms with Crippen LogP contribution in [-0.2, 0) is 18.4 Å². The summed E-state index contributed by atoms with van der Waals surface area (Å²) in [6, 6.07) is 0. The molecular weight excluding hydrogens is 196 g/mol. The van der Waals surface area contributed by atoms with Crippen molar-refractivity contribution in [1.29, 1.82) is 0 Å². The number of aryl methyl sites for hydroxylation is 1. The Bertz CT molecular complexity index is 349. The molecule has 7 nitrogen and oxygen atoms in total. The minimum absolute atomic E-state index is 0.0972. The molecule has 1 aliphatic heterocycles. The average Bonchev–Trinajstić information content (AvgIpc) is 2.50. The lowest BCUT2D eigenvalue weighted by atomic mass is 10.4. The number of hydrogen-bond donors (Lipinski definition) is 1. The fraction of sp³-hybridized carbons (Fsp3) is 0.750. The number of nitrogens with zero attached hydrogens (tertiary/aromatic N) is 5. The largest absolute Gasteiger partial charge is 0.334 e. The van der Waals surface area contributed by atoms with Gasteiger partial charge in [-0.15, -0.1) is 10.2 Å². The molecule has 0 atom stereocenters. The van der Waals surface area contributed by atoms with E-state index < -0.39 is 0 Å². The minimum Gasteiger partial charge on any atom is -0.334 e. The Morgan fingerprint density at radius 3 is 3.13 bits per heavy atom. The Balaban J connectivity index is 2.00. The number of rotatable bonds is 2. The van der Waals surface area contributed by atoms with Crippen LogP contribution in [0.4, 0.5) is 0 Å². The first kappa shape index (κ1) is 10.0. The highest BCUT2D eigenvalue weighted by molar-refractivity contribution is 5.78. The lowest BCUT2D eigenvalue weighted by Gasteiger charge is -2.17. The zero-order valence-corrected chi connectivity index (χ0v) is 8.68. The van der Waals surface area contributed by atoms with Crippen molar-refractivity contribution in [2.24, 2.45) is 7.05 Å². The van der Waals surface area contributed by atoms with Crippen LogP contribution in [0.3, 0.4) is 0 Å². The highest BCUT2D eigenvalue weighted by atomic mass is 16.2. The van der Waals surface area contributed by atoms with E-state index in [2.05, 4.69) is 20.7 Å². The van der Waals surface area contributed by atoms with E-state index in [1.165, 1.54) is 4.80 Å². The van der Waals surface area contributed by atoms with Gasteiger partial charge < -0.3 is 10.2 Å². The molecule has 0 spiro atoms. The summed E-state index contributed by atoms with van der Waals surface area (Å²) in [6.45, 7) is 2.49. The second-order valence-corrected chi connectivity index (χ2v) is 3.54. The Hall–Kier alpha value is -1.50. The van der Waals surface area contributed by atoms with Crippen molar-refractivity contribution < 1.29 is 4.79 Å². The zero-order valence-electron chi connectivity index (χ0n) is 8.68. The lowest BCUT2D eigenvalue weighted by Crippen LogP contribution is -2.34. The number of amides is 1. The van der Waals surface area contributed by atoms with Crippen LogP contribution in [-0.4, -0.2) is 50.6 Å². The van der Waals surface area contributed by atoms with Crippen LogP contribution in [0, 0.1) is 0 Å². The van der Waals surface area contributed by atoms with Gasteiger partial charge in [-0.3, -0.25) is 4.79 Å². The van der Waals surface area contributed by atoms with Crippen molar-refractivity contribution in [3.05, 3.63) is 5.82 Å². The molecule has 7 heteroatoms. The fourth-order valence-corrected chi connectivity index (χ4v) is 1.55. The molecule has 0 aromatic carbocycles. The van der Waals surface area contributed by atoms with E-state index >= 15 is 0 Å². The number of tetrazole rings is 1. The fourth-order valence-electron chi connectivity index (χ4n) is 1.55. The van der Waals surface area contributed by atoms with E-state index in [9.17, 15) is 4.79 Å². The summed E-state index contributed by atoms with van der Waals surface area (Å²) >= 11 is 0. The number of nitrogens with one attached hydrogen (secondary N) is 1. The molecule has 2 rings (SSSR count). The maximum absolute atomic E-state index is 11.6. The molecule has 0 saturated carbocycles. The number of carbonyl (C=O) groups is 1. The lowest BCUT2D eigenvalue weighted by molar-refractivity contribution is -0.130. The molecule has 0 radical (unpaired) electrons. The Labute approximate surface area is 87.4 Å². The van der Waals surface area contributed by atoms with Crippen molar-refractivity contribution in [1.82, 2.24) is 30.4 Å². The number of aromatic nitrogens is 4. The van der Waals surface area contributed by atoms with Gasteiger partial charge in [0.25, 0.3) is 0 Å². The highest BCUT2D eigenvalue weighted by Crippen LogP contribution is 2.01. The predicted molar refractivity (Wildman–Crippen MR) is 51.7 cm³/mol. The van der Waals surface area contributed by atoms with Crippen LogP contribution in [0.25, 0.3) is 0 Å². The third kappa shape index (κ3) is 2.50. The van der Waals surface area contributed by atoms with Crippen LogP contribution >= 0.6 is 0 Å². The van der Waals surface area contributed by atoms with E-state index in [0.29, 0.717) is 18.9 Å². The summed E-state index contributed by atoms with van der Waals surface area (Å²) in [5, 5.41) is 14.7. The molecule has 1 aromatic rings. The van der Waals surface area contributed by atoms with Gasteiger partial charge in [-0.1, -0.05) is 0 Å². The second-order valence-electron chi connectivity index (χ2n) is 3.54. The summed E-state index contributed by atoms with van der Waals surface area (Å²) in [6.07, 6.45) is 0.964. The van der Waals surface area contributed by atoms with Gasteiger partial charge in [-0.2, -0.15) is 4.80 Å². The van der Waals surface area contributed by atoms with E-state index in [1.54, 1.807) is 11.9 Å². The van der Waals surface area contributed by atoms with E-state index in [-0.39, 0.29) is 5.91 Å². The summed E-state index contributed by atoms with van der Waals surface area (Å²) in [4.78, 5) is 14.8. The van der Waals surface area contributed by atoms with Crippen LogP contribution in [0.15, 0.2) is 0 Å². The molecular formula is C8H14N6O. The standard InChI is InChI=1S/C8H14N6O/c1-13-11-7(10-12-13)6-14-4-2-3-9-5-8(14)15/h9H,2-6H2,1H3. The maximum Gasteiger partial charge on any atom is 0.236 e. The molecule has 82 valence electrons. The van der Waals surface area contributed by atoms with Gasteiger partial charge in [-0.25, -0.2) is 0 Å². The minimum atomic E-state index is 0.0972. The highest BCUT2D eigenvalue weighted by Gasteiger charge is 2.17. The topological polar surface area (TPSA) is 75.9 Å². The van der Waals surface area contributed by atoms with Gasteiger partial charge in [0.2, 0.25) is 5.91 Å². The zero-order chi connectivity index (χ0) is 10.7. The molecule has 2 heterocycles.